The van der Waals surface area contributed by atoms with Gasteiger partial charge in [0.2, 0.25) is 0 Å². The molecular formula is C20H30O3. The highest BCUT2D eigenvalue weighted by Gasteiger charge is 2.68. The molecule has 23 heavy (non-hydrogen) atoms. The number of allylic oxidation sites excluding steroid dienone is 2. The Hall–Kier alpha value is -0.960. The van der Waals surface area contributed by atoms with Crippen LogP contribution in [0.15, 0.2) is 11.6 Å². The molecule has 128 valence electrons. The van der Waals surface area contributed by atoms with Crippen LogP contribution in [-0.2, 0) is 14.3 Å². The molecule has 0 radical (unpaired) electrons. The van der Waals surface area contributed by atoms with Crippen molar-refractivity contribution in [2.24, 2.45) is 28.1 Å². The third kappa shape index (κ3) is 2.43. The highest BCUT2D eigenvalue weighted by Crippen LogP contribution is 2.69. The maximum absolute atomic E-state index is 13.5. The highest BCUT2D eigenvalue weighted by molar-refractivity contribution is 6.00. The number of hydrogen-bond donors (Lipinski definition) is 0. The number of carbonyl (C=O) groups is 2. The number of ketones is 2. The second kappa shape index (κ2) is 5.27. The van der Waals surface area contributed by atoms with Gasteiger partial charge >= 0.3 is 0 Å². The van der Waals surface area contributed by atoms with Crippen LogP contribution in [-0.4, -0.2) is 25.3 Å². The van der Waals surface area contributed by atoms with Gasteiger partial charge in [0.25, 0.3) is 0 Å². The van der Waals surface area contributed by atoms with E-state index in [2.05, 4.69) is 20.8 Å². The zero-order valence-electron chi connectivity index (χ0n) is 15.2. The van der Waals surface area contributed by atoms with E-state index in [9.17, 15) is 9.59 Å². The van der Waals surface area contributed by atoms with Crippen molar-refractivity contribution < 1.29 is 14.3 Å². The van der Waals surface area contributed by atoms with Gasteiger partial charge in [0.1, 0.15) is 5.78 Å². The number of ether oxygens (including phenoxy) is 1. The number of fused-ring (bicyclic) bond motifs is 1. The maximum Gasteiger partial charge on any atom is 0.156 e. The van der Waals surface area contributed by atoms with Gasteiger partial charge in [0.15, 0.2) is 5.78 Å². The van der Waals surface area contributed by atoms with E-state index >= 15 is 0 Å². The fourth-order valence-corrected chi connectivity index (χ4v) is 6.41. The zero-order valence-corrected chi connectivity index (χ0v) is 15.2. The summed E-state index contributed by atoms with van der Waals surface area (Å²) in [5.41, 5.74) is 0.689. The molecule has 3 aliphatic carbocycles. The van der Waals surface area contributed by atoms with Gasteiger partial charge in [0.05, 0.1) is 0 Å². The van der Waals surface area contributed by atoms with Gasteiger partial charge in [-0.3, -0.25) is 9.59 Å². The number of carbonyl (C=O) groups excluding carboxylic acids is 2. The van der Waals surface area contributed by atoms with Crippen LogP contribution in [0.4, 0.5) is 0 Å². The quantitative estimate of drug-likeness (QED) is 0.791. The van der Waals surface area contributed by atoms with Crippen LogP contribution >= 0.6 is 0 Å². The van der Waals surface area contributed by atoms with Crippen LogP contribution in [0.2, 0.25) is 0 Å². The highest BCUT2D eigenvalue weighted by atomic mass is 16.5. The molecule has 0 aromatic rings. The largest absolute Gasteiger partial charge is 0.385 e. The Labute approximate surface area is 139 Å². The molecule has 3 nitrogen and oxygen atoms in total. The SMILES string of the molecule is COCC[C@@H]1C[C@]2(C)C[C@]3(CC(=O)C=C(C)C3)C(=O)[C@@H]2C1(C)C. The minimum atomic E-state index is -0.418. The molecule has 4 atom stereocenters. The second-order valence-electron chi connectivity index (χ2n) is 9.22. The standard InChI is InChI=1S/C20H30O3/c1-13-8-15(21)11-20(9-13)12-19(4)10-14(6-7-23-5)18(2,3)16(19)17(20)22/h8,14,16H,6-7,9-12H2,1-5H3/t14-,16-,19-,20+/m1/s1. The van der Waals surface area contributed by atoms with E-state index in [-0.39, 0.29) is 22.5 Å². The minimum absolute atomic E-state index is 0.00796. The Bertz CT molecular complexity index is 573. The summed E-state index contributed by atoms with van der Waals surface area (Å²) in [5, 5.41) is 0. The van der Waals surface area contributed by atoms with Crippen molar-refractivity contribution in [3.05, 3.63) is 11.6 Å². The molecule has 0 bridgehead atoms. The van der Waals surface area contributed by atoms with Crippen LogP contribution in [0.5, 0.6) is 0 Å². The zero-order chi connectivity index (χ0) is 17.0. The molecule has 0 aromatic carbocycles. The van der Waals surface area contributed by atoms with Crippen LogP contribution in [0.1, 0.15) is 59.8 Å². The van der Waals surface area contributed by atoms with Crippen LogP contribution in [0.3, 0.4) is 0 Å². The summed E-state index contributed by atoms with van der Waals surface area (Å²) in [6.45, 7) is 9.56. The Morgan fingerprint density at radius 2 is 1.91 bits per heavy atom. The minimum Gasteiger partial charge on any atom is -0.385 e. The molecular weight excluding hydrogens is 288 g/mol. The van der Waals surface area contributed by atoms with E-state index in [1.165, 1.54) is 0 Å². The van der Waals surface area contributed by atoms with Crippen molar-refractivity contribution in [1.29, 1.82) is 0 Å². The van der Waals surface area contributed by atoms with Crippen molar-refractivity contribution in [2.75, 3.05) is 13.7 Å². The molecule has 0 amide bonds. The predicted octanol–water partition coefficient (Wildman–Crippen LogP) is 3.96. The summed E-state index contributed by atoms with van der Waals surface area (Å²) >= 11 is 0. The summed E-state index contributed by atoms with van der Waals surface area (Å²) < 4.78 is 5.28. The summed E-state index contributed by atoms with van der Waals surface area (Å²) in [5.74, 6) is 1.11. The van der Waals surface area contributed by atoms with Crippen molar-refractivity contribution >= 4 is 11.6 Å². The molecule has 0 saturated heterocycles. The van der Waals surface area contributed by atoms with E-state index < -0.39 is 5.41 Å². The third-order valence-electron chi connectivity index (χ3n) is 6.94. The van der Waals surface area contributed by atoms with Gasteiger partial charge in [0, 0.05) is 31.5 Å². The number of rotatable bonds is 3. The molecule has 3 rings (SSSR count). The van der Waals surface area contributed by atoms with Crippen molar-refractivity contribution in [2.45, 2.75) is 59.8 Å². The van der Waals surface area contributed by atoms with Gasteiger partial charge in [-0.15, -0.1) is 0 Å². The summed E-state index contributed by atoms with van der Waals surface area (Å²) in [6, 6.07) is 0. The van der Waals surface area contributed by atoms with Gasteiger partial charge < -0.3 is 4.74 Å². The van der Waals surface area contributed by atoms with Crippen molar-refractivity contribution in [3.8, 4) is 0 Å². The summed E-state index contributed by atoms with van der Waals surface area (Å²) in [4.78, 5) is 25.6. The molecule has 1 spiro atoms. The third-order valence-corrected chi connectivity index (χ3v) is 6.94. The lowest BCUT2D eigenvalue weighted by Gasteiger charge is -2.36. The first-order chi connectivity index (χ1) is 10.6. The molecule has 3 heteroatoms. The summed E-state index contributed by atoms with van der Waals surface area (Å²) in [7, 11) is 1.74. The molecule has 0 unspecified atom stereocenters. The first-order valence-corrected chi connectivity index (χ1v) is 8.88. The van der Waals surface area contributed by atoms with E-state index in [1.54, 1.807) is 13.2 Å². The monoisotopic (exact) mass is 318 g/mol. The van der Waals surface area contributed by atoms with Crippen LogP contribution < -0.4 is 0 Å². The molecule has 0 aliphatic heterocycles. The van der Waals surface area contributed by atoms with Crippen LogP contribution in [0, 0.1) is 28.1 Å². The Morgan fingerprint density at radius 1 is 1.22 bits per heavy atom. The fraction of sp³-hybridized carbons (Fsp3) is 0.800. The normalized spacial score (nSPS) is 42.2. The van der Waals surface area contributed by atoms with Gasteiger partial charge in [-0.05, 0) is 55.4 Å². The van der Waals surface area contributed by atoms with E-state index in [4.69, 9.17) is 4.74 Å². The fourth-order valence-electron chi connectivity index (χ4n) is 6.41. The number of Topliss-reactive ketones (excluding diaryl/α,β-unsaturated/α-hetero) is 1. The maximum atomic E-state index is 13.5. The molecule has 2 saturated carbocycles. The Balaban J connectivity index is 1.92. The lowest BCUT2D eigenvalue weighted by atomic mass is 9.66. The molecule has 2 fully saturated rings. The van der Waals surface area contributed by atoms with Gasteiger partial charge in [-0.25, -0.2) is 0 Å². The average molecular weight is 318 g/mol. The number of methoxy groups -OCH3 is 1. The van der Waals surface area contributed by atoms with E-state index in [0.29, 0.717) is 18.1 Å². The molecule has 0 N–H and O–H groups in total. The van der Waals surface area contributed by atoms with E-state index in [0.717, 1.165) is 37.9 Å². The smallest absolute Gasteiger partial charge is 0.156 e. The van der Waals surface area contributed by atoms with Crippen molar-refractivity contribution in [3.63, 3.8) is 0 Å². The lowest BCUT2D eigenvalue weighted by Crippen LogP contribution is -2.39. The lowest BCUT2D eigenvalue weighted by molar-refractivity contribution is -0.136. The molecule has 0 heterocycles. The summed E-state index contributed by atoms with van der Waals surface area (Å²) in [6.07, 6.45) is 5.93. The average Bonchev–Trinajstić information content (AvgIpc) is 2.72. The van der Waals surface area contributed by atoms with Gasteiger partial charge in [-0.1, -0.05) is 26.3 Å². The Kier molecular flexibility index (Phi) is 3.87. The van der Waals surface area contributed by atoms with Crippen LogP contribution in [0.25, 0.3) is 0 Å². The topological polar surface area (TPSA) is 43.4 Å². The first-order valence-electron chi connectivity index (χ1n) is 8.88. The van der Waals surface area contributed by atoms with Crippen molar-refractivity contribution in [1.82, 2.24) is 0 Å². The van der Waals surface area contributed by atoms with E-state index in [1.807, 2.05) is 6.92 Å². The van der Waals surface area contributed by atoms with Gasteiger partial charge in [-0.2, -0.15) is 0 Å². The molecule has 0 aromatic heterocycles. The number of hydrogen-bond acceptors (Lipinski definition) is 3. The first kappa shape index (κ1) is 16.9. The molecule has 3 aliphatic rings. The predicted molar refractivity (Wildman–Crippen MR) is 90.0 cm³/mol. The second-order valence-corrected chi connectivity index (χ2v) is 9.22. The Morgan fingerprint density at radius 3 is 2.48 bits per heavy atom.